The van der Waals surface area contributed by atoms with Gasteiger partial charge < -0.3 is 19.9 Å². The summed E-state index contributed by atoms with van der Waals surface area (Å²) >= 11 is 0. The molecule has 150 valence electrons. The smallest absolute Gasteiger partial charge is 0.319 e. The van der Waals surface area contributed by atoms with Crippen LogP contribution in [-0.4, -0.2) is 22.8 Å². The number of carbonyl (C=O) groups is 1. The number of hydrogen-bond acceptors (Lipinski definition) is 5. The zero-order chi connectivity index (χ0) is 20.4. The molecule has 0 fully saturated rings. The van der Waals surface area contributed by atoms with Crippen molar-refractivity contribution in [3.05, 3.63) is 58.9 Å². The molecule has 1 aliphatic rings. The van der Waals surface area contributed by atoms with E-state index in [1.54, 1.807) is 0 Å². The quantitative estimate of drug-likeness (QED) is 0.679. The third kappa shape index (κ3) is 3.94. The molecule has 2 aromatic carbocycles. The van der Waals surface area contributed by atoms with Crippen LogP contribution in [0.3, 0.4) is 0 Å². The van der Waals surface area contributed by atoms with Crippen molar-refractivity contribution >= 4 is 11.7 Å². The minimum atomic E-state index is -0.260. The molecule has 1 aromatic heterocycles. The maximum atomic E-state index is 12.7. The molecule has 29 heavy (non-hydrogen) atoms. The van der Waals surface area contributed by atoms with Gasteiger partial charge in [-0.25, -0.2) is 4.79 Å². The van der Waals surface area contributed by atoms with E-state index in [4.69, 9.17) is 9.26 Å². The molecule has 1 aliphatic heterocycles. The number of anilines is 1. The van der Waals surface area contributed by atoms with Gasteiger partial charge in [0.05, 0.1) is 12.6 Å². The van der Waals surface area contributed by atoms with Crippen molar-refractivity contribution in [1.82, 2.24) is 15.5 Å². The number of carbonyl (C=O) groups excluding carboxylic acids is 1. The molecule has 7 nitrogen and oxygen atoms in total. The predicted molar refractivity (Wildman–Crippen MR) is 110 cm³/mol. The van der Waals surface area contributed by atoms with Gasteiger partial charge in [0.2, 0.25) is 0 Å². The lowest BCUT2D eigenvalue weighted by Crippen LogP contribution is -2.35. The highest BCUT2D eigenvalue weighted by Crippen LogP contribution is 2.34. The normalized spacial score (nSPS) is 15.3. The Bertz CT molecular complexity index is 1040. The van der Waals surface area contributed by atoms with Gasteiger partial charge in [-0.1, -0.05) is 36.3 Å². The summed E-state index contributed by atoms with van der Waals surface area (Å²) in [5.41, 5.74) is 4.50. The van der Waals surface area contributed by atoms with Crippen LogP contribution < -0.4 is 15.4 Å². The zero-order valence-electron chi connectivity index (χ0n) is 16.8. The van der Waals surface area contributed by atoms with Crippen LogP contribution in [0.2, 0.25) is 0 Å². The molecule has 2 heterocycles. The predicted octanol–water partition coefficient (Wildman–Crippen LogP) is 4.56. The molecule has 0 radical (unpaired) electrons. The molecule has 2 N–H and O–H groups in total. The second-order valence-corrected chi connectivity index (χ2v) is 7.18. The highest BCUT2D eigenvalue weighted by atomic mass is 16.5. The maximum absolute atomic E-state index is 12.7. The topological polar surface area (TPSA) is 89.3 Å². The van der Waals surface area contributed by atoms with Crippen molar-refractivity contribution in [3.8, 4) is 17.2 Å². The second-order valence-electron chi connectivity index (χ2n) is 7.18. The largest absolute Gasteiger partial charge is 0.493 e. The Hall–Kier alpha value is -3.35. The summed E-state index contributed by atoms with van der Waals surface area (Å²) in [6.07, 6.45) is 1.43. The van der Waals surface area contributed by atoms with Gasteiger partial charge in [0.1, 0.15) is 5.75 Å². The number of urea groups is 1. The summed E-state index contributed by atoms with van der Waals surface area (Å²) in [4.78, 5) is 17.1. The van der Waals surface area contributed by atoms with E-state index < -0.39 is 0 Å². The molecule has 3 aromatic rings. The Labute approximate surface area is 169 Å². The first-order valence-corrected chi connectivity index (χ1v) is 9.78. The van der Waals surface area contributed by atoms with E-state index in [1.165, 1.54) is 0 Å². The van der Waals surface area contributed by atoms with Crippen LogP contribution in [0.25, 0.3) is 11.5 Å². The molecular weight excluding hydrogens is 368 g/mol. The van der Waals surface area contributed by atoms with Crippen LogP contribution >= 0.6 is 0 Å². The fourth-order valence-electron chi connectivity index (χ4n) is 3.45. The van der Waals surface area contributed by atoms with Crippen molar-refractivity contribution in [2.75, 3.05) is 11.9 Å². The van der Waals surface area contributed by atoms with Gasteiger partial charge >= 0.3 is 6.03 Å². The van der Waals surface area contributed by atoms with Gasteiger partial charge in [0.25, 0.3) is 5.89 Å². The van der Waals surface area contributed by atoms with Gasteiger partial charge in [-0.05, 0) is 37.1 Å². The van der Waals surface area contributed by atoms with E-state index in [0.717, 1.165) is 34.4 Å². The number of aryl methyl sites for hydroxylation is 3. The van der Waals surface area contributed by atoms with Crippen LogP contribution in [0.5, 0.6) is 5.75 Å². The number of fused-ring (bicyclic) bond motifs is 1. The van der Waals surface area contributed by atoms with Crippen molar-refractivity contribution in [2.45, 2.75) is 39.7 Å². The number of amides is 2. The van der Waals surface area contributed by atoms with E-state index in [0.29, 0.717) is 30.4 Å². The monoisotopic (exact) mass is 392 g/mol. The molecular formula is C22H24N4O3. The number of para-hydroxylation sites is 1. The molecule has 0 spiro atoms. The van der Waals surface area contributed by atoms with E-state index >= 15 is 0 Å². The molecule has 0 aliphatic carbocycles. The van der Waals surface area contributed by atoms with Crippen molar-refractivity contribution < 1.29 is 14.1 Å². The minimum Gasteiger partial charge on any atom is -0.493 e. The molecule has 0 unspecified atom stereocenters. The third-order valence-electron chi connectivity index (χ3n) is 5.09. The summed E-state index contributed by atoms with van der Waals surface area (Å²) in [5, 5.41) is 9.95. The van der Waals surface area contributed by atoms with E-state index in [9.17, 15) is 4.79 Å². The van der Waals surface area contributed by atoms with Gasteiger partial charge in [-0.2, -0.15) is 4.98 Å². The second kappa shape index (κ2) is 7.95. The number of aromatic nitrogens is 2. The standard InChI is InChI=1S/C22H24N4O3/c1-4-19-25-21(29-26-19)15-9-8-13(2)18(12-15)24-22(27)23-17-10-11-28-20-14(3)6-5-7-16(17)20/h5-9,12,17H,4,10-11H2,1-3H3,(H2,23,24,27)/t17-/m1/s1. The number of nitrogens with one attached hydrogen (secondary N) is 2. The Kier molecular flexibility index (Phi) is 5.20. The summed E-state index contributed by atoms with van der Waals surface area (Å²) < 4.78 is 11.1. The number of benzene rings is 2. The maximum Gasteiger partial charge on any atom is 0.319 e. The Morgan fingerprint density at radius 3 is 2.86 bits per heavy atom. The van der Waals surface area contributed by atoms with Crippen molar-refractivity contribution in [1.29, 1.82) is 0 Å². The van der Waals surface area contributed by atoms with Crippen LogP contribution in [0.4, 0.5) is 10.5 Å². The van der Waals surface area contributed by atoms with Gasteiger partial charge in [0, 0.05) is 29.7 Å². The van der Waals surface area contributed by atoms with E-state index in [1.807, 2.05) is 57.2 Å². The van der Waals surface area contributed by atoms with Gasteiger partial charge in [0.15, 0.2) is 5.82 Å². The first-order valence-electron chi connectivity index (χ1n) is 9.78. The zero-order valence-corrected chi connectivity index (χ0v) is 16.8. The summed E-state index contributed by atoms with van der Waals surface area (Å²) in [7, 11) is 0. The minimum absolute atomic E-state index is 0.0924. The number of nitrogens with zero attached hydrogens (tertiary/aromatic N) is 2. The molecule has 0 bridgehead atoms. The average molecular weight is 392 g/mol. The fourth-order valence-corrected chi connectivity index (χ4v) is 3.45. The van der Waals surface area contributed by atoms with Crippen molar-refractivity contribution in [3.63, 3.8) is 0 Å². The molecule has 7 heteroatoms. The first kappa shape index (κ1) is 19.0. The Morgan fingerprint density at radius 1 is 1.21 bits per heavy atom. The van der Waals surface area contributed by atoms with Crippen molar-refractivity contribution in [2.24, 2.45) is 0 Å². The Balaban J connectivity index is 1.51. The summed E-state index contributed by atoms with van der Waals surface area (Å²) in [6, 6.07) is 11.3. The Morgan fingerprint density at radius 2 is 2.07 bits per heavy atom. The lowest BCUT2D eigenvalue weighted by atomic mass is 9.98. The van der Waals surface area contributed by atoms with Crippen LogP contribution in [0.15, 0.2) is 40.9 Å². The highest BCUT2D eigenvalue weighted by molar-refractivity contribution is 5.91. The van der Waals surface area contributed by atoms with Crippen LogP contribution in [0, 0.1) is 13.8 Å². The summed E-state index contributed by atoms with van der Waals surface area (Å²) in [5.74, 6) is 1.96. The molecule has 4 rings (SSSR count). The lowest BCUT2D eigenvalue weighted by molar-refractivity contribution is 0.231. The first-order chi connectivity index (χ1) is 14.0. The number of hydrogen-bond donors (Lipinski definition) is 2. The van der Waals surface area contributed by atoms with E-state index in [2.05, 4.69) is 20.8 Å². The van der Waals surface area contributed by atoms with Crippen LogP contribution in [0.1, 0.15) is 41.9 Å². The molecule has 0 saturated heterocycles. The third-order valence-corrected chi connectivity index (χ3v) is 5.09. The lowest BCUT2D eigenvalue weighted by Gasteiger charge is -2.28. The van der Waals surface area contributed by atoms with Gasteiger partial charge in [-0.3, -0.25) is 0 Å². The molecule has 2 amide bonds. The van der Waals surface area contributed by atoms with Crippen LogP contribution in [-0.2, 0) is 6.42 Å². The van der Waals surface area contributed by atoms with Gasteiger partial charge in [-0.15, -0.1) is 0 Å². The summed E-state index contributed by atoms with van der Waals surface area (Å²) in [6.45, 7) is 6.50. The van der Waals surface area contributed by atoms with E-state index in [-0.39, 0.29) is 12.1 Å². The molecule has 0 saturated carbocycles. The number of ether oxygens (including phenoxy) is 1. The number of rotatable bonds is 4. The average Bonchev–Trinajstić information content (AvgIpc) is 3.20. The highest BCUT2D eigenvalue weighted by Gasteiger charge is 2.24. The fraction of sp³-hybridized carbons (Fsp3) is 0.318. The molecule has 1 atom stereocenters. The SMILES string of the molecule is CCc1noc(-c2ccc(C)c(NC(=O)N[C@@H]3CCOc4c(C)cccc43)c2)n1.